The predicted octanol–water partition coefficient (Wildman–Crippen LogP) is 1.67. The Morgan fingerprint density at radius 3 is 2.60 bits per heavy atom. The number of nitrogens with one attached hydrogen (secondary N) is 1. The van der Waals surface area contributed by atoms with E-state index < -0.39 is 0 Å². The maximum Gasteiger partial charge on any atom is 0.115 e. The molecule has 0 amide bonds. The molecule has 0 atom stereocenters. The van der Waals surface area contributed by atoms with Crippen molar-refractivity contribution in [3.63, 3.8) is 0 Å². The van der Waals surface area contributed by atoms with Gasteiger partial charge in [-0.3, -0.25) is 0 Å². The zero-order valence-corrected chi connectivity index (χ0v) is 8.22. The van der Waals surface area contributed by atoms with Crippen molar-refractivity contribution in [1.82, 2.24) is 9.97 Å². The van der Waals surface area contributed by atoms with Gasteiger partial charge in [0, 0.05) is 24.5 Å². The summed E-state index contributed by atoms with van der Waals surface area (Å²) in [6.07, 6.45) is 5.07. The van der Waals surface area contributed by atoms with Crippen LogP contribution in [-0.4, -0.2) is 9.97 Å². The molecule has 1 aromatic carbocycles. The Labute approximate surface area is 88.2 Å². The fraction of sp³-hybridized carbons (Fsp3) is 0.0909. The highest BCUT2D eigenvalue weighted by Gasteiger charge is 1.97. The second-order valence-corrected chi connectivity index (χ2v) is 3.19. The minimum atomic E-state index is 0.676. The molecule has 0 radical (unpaired) electrons. The van der Waals surface area contributed by atoms with Crippen LogP contribution in [0, 0.1) is 0 Å². The maximum absolute atomic E-state index is 5.79. The first-order chi connectivity index (χ1) is 7.36. The molecule has 4 nitrogen and oxygen atoms in total. The van der Waals surface area contributed by atoms with Gasteiger partial charge in [-0.1, -0.05) is 12.1 Å². The van der Waals surface area contributed by atoms with Gasteiger partial charge in [-0.05, 0) is 12.1 Å². The molecule has 76 valence electrons. The lowest BCUT2D eigenvalue weighted by Gasteiger charge is -2.07. The summed E-state index contributed by atoms with van der Waals surface area (Å²) < 4.78 is 0. The number of anilines is 2. The molecule has 2 rings (SSSR count). The van der Waals surface area contributed by atoms with Crippen LogP contribution in [0.1, 0.15) is 5.56 Å². The third kappa shape index (κ3) is 2.43. The Kier molecular flexibility index (Phi) is 2.78. The molecule has 0 saturated carbocycles. The quantitative estimate of drug-likeness (QED) is 0.740. The number of nitrogens with zero attached hydrogens (tertiary/aromatic N) is 2. The van der Waals surface area contributed by atoms with Crippen molar-refractivity contribution in [1.29, 1.82) is 0 Å². The van der Waals surface area contributed by atoms with E-state index in [9.17, 15) is 0 Å². The van der Waals surface area contributed by atoms with Crippen LogP contribution < -0.4 is 11.1 Å². The standard InChI is InChI=1S/C11H12N4/c12-10-3-1-2-4-11(10)15-7-9-5-13-8-14-6-9/h1-6,8,15H,7,12H2. The molecule has 0 aliphatic carbocycles. The number of rotatable bonds is 3. The molecule has 15 heavy (non-hydrogen) atoms. The number of hydrogen-bond donors (Lipinski definition) is 2. The van der Waals surface area contributed by atoms with Crippen LogP contribution in [0.25, 0.3) is 0 Å². The molecule has 0 saturated heterocycles. The van der Waals surface area contributed by atoms with Gasteiger partial charge in [0.15, 0.2) is 0 Å². The number of nitrogen functional groups attached to an aromatic ring is 1. The van der Waals surface area contributed by atoms with Gasteiger partial charge in [-0.15, -0.1) is 0 Å². The van der Waals surface area contributed by atoms with Crippen LogP contribution >= 0.6 is 0 Å². The van der Waals surface area contributed by atoms with Gasteiger partial charge in [0.05, 0.1) is 11.4 Å². The maximum atomic E-state index is 5.79. The van der Waals surface area contributed by atoms with Gasteiger partial charge in [-0.2, -0.15) is 0 Å². The molecule has 0 bridgehead atoms. The van der Waals surface area contributed by atoms with E-state index >= 15 is 0 Å². The molecule has 3 N–H and O–H groups in total. The monoisotopic (exact) mass is 200 g/mol. The second-order valence-electron chi connectivity index (χ2n) is 3.19. The van der Waals surface area contributed by atoms with Gasteiger partial charge in [0.1, 0.15) is 6.33 Å². The highest BCUT2D eigenvalue weighted by atomic mass is 14.9. The van der Waals surface area contributed by atoms with E-state index in [1.807, 2.05) is 24.3 Å². The Bertz CT molecular complexity index is 428. The summed E-state index contributed by atoms with van der Waals surface area (Å²) in [5.41, 5.74) is 8.50. The first kappa shape index (κ1) is 9.45. The minimum Gasteiger partial charge on any atom is -0.397 e. The Morgan fingerprint density at radius 2 is 1.87 bits per heavy atom. The number of benzene rings is 1. The van der Waals surface area contributed by atoms with Crippen LogP contribution in [0.2, 0.25) is 0 Å². The minimum absolute atomic E-state index is 0.676. The van der Waals surface area contributed by atoms with Crippen molar-refractivity contribution in [2.24, 2.45) is 0 Å². The van der Waals surface area contributed by atoms with Crippen LogP contribution in [0.4, 0.5) is 11.4 Å². The molecule has 0 aliphatic heterocycles. The topological polar surface area (TPSA) is 63.8 Å². The molecule has 0 fully saturated rings. The van der Waals surface area contributed by atoms with Crippen LogP contribution in [0.5, 0.6) is 0 Å². The normalized spacial score (nSPS) is 9.87. The zero-order chi connectivity index (χ0) is 10.5. The summed E-state index contributed by atoms with van der Waals surface area (Å²) in [4.78, 5) is 7.87. The Balaban J connectivity index is 2.03. The highest BCUT2D eigenvalue weighted by molar-refractivity contribution is 5.65. The van der Waals surface area contributed by atoms with Gasteiger partial charge < -0.3 is 11.1 Å². The first-order valence-corrected chi connectivity index (χ1v) is 4.68. The summed E-state index contributed by atoms with van der Waals surface area (Å²) in [6.45, 7) is 0.676. The van der Waals surface area contributed by atoms with Gasteiger partial charge in [0.25, 0.3) is 0 Å². The Morgan fingerprint density at radius 1 is 1.13 bits per heavy atom. The largest absolute Gasteiger partial charge is 0.397 e. The molecule has 4 heteroatoms. The Hall–Kier alpha value is -2.10. The fourth-order valence-corrected chi connectivity index (χ4v) is 1.28. The number of hydrogen-bond acceptors (Lipinski definition) is 4. The zero-order valence-electron chi connectivity index (χ0n) is 8.22. The van der Waals surface area contributed by atoms with E-state index in [0.717, 1.165) is 16.9 Å². The predicted molar refractivity (Wildman–Crippen MR) is 60.2 cm³/mol. The average Bonchev–Trinajstić information content (AvgIpc) is 2.29. The van der Waals surface area contributed by atoms with Crippen molar-refractivity contribution in [2.45, 2.75) is 6.54 Å². The summed E-state index contributed by atoms with van der Waals surface area (Å²) in [7, 11) is 0. The molecule has 1 aromatic heterocycles. The second kappa shape index (κ2) is 4.41. The smallest absolute Gasteiger partial charge is 0.115 e. The third-order valence-electron chi connectivity index (χ3n) is 2.06. The van der Waals surface area contributed by atoms with E-state index in [2.05, 4.69) is 15.3 Å². The first-order valence-electron chi connectivity index (χ1n) is 4.68. The van der Waals surface area contributed by atoms with Gasteiger partial charge in [0.2, 0.25) is 0 Å². The SMILES string of the molecule is Nc1ccccc1NCc1cncnc1. The van der Waals surface area contributed by atoms with Gasteiger partial charge in [-0.25, -0.2) is 9.97 Å². The van der Waals surface area contributed by atoms with Crippen molar-refractivity contribution in [3.8, 4) is 0 Å². The van der Waals surface area contributed by atoms with Crippen LogP contribution in [0.3, 0.4) is 0 Å². The van der Waals surface area contributed by atoms with Crippen LogP contribution in [0.15, 0.2) is 43.0 Å². The van der Waals surface area contributed by atoms with E-state index in [4.69, 9.17) is 5.73 Å². The lowest BCUT2D eigenvalue weighted by molar-refractivity contribution is 1.05. The van der Waals surface area contributed by atoms with Crippen molar-refractivity contribution >= 4 is 11.4 Å². The highest BCUT2D eigenvalue weighted by Crippen LogP contribution is 2.17. The number of aromatic nitrogens is 2. The number of nitrogens with two attached hydrogens (primary N) is 1. The molecule has 0 aliphatic rings. The van der Waals surface area contributed by atoms with E-state index in [1.54, 1.807) is 12.4 Å². The summed E-state index contributed by atoms with van der Waals surface area (Å²) in [5.74, 6) is 0. The summed E-state index contributed by atoms with van der Waals surface area (Å²) in [6, 6.07) is 7.66. The lowest BCUT2D eigenvalue weighted by Crippen LogP contribution is -2.02. The molecule has 0 unspecified atom stereocenters. The summed E-state index contributed by atoms with van der Waals surface area (Å²) in [5, 5.41) is 3.22. The molecule has 1 heterocycles. The fourth-order valence-electron chi connectivity index (χ4n) is 1.28. The third-order valence-corrected chi connectivity index (χ3v) is 2.06. The lowest BCUT2D eigenvalue weighted by atomic mass is 10.2. The molecule has 0 spiro atoms. The van der Waals surface area contributed by atoms with E-state index in [1.165, 1.54) is 6.33 Å². The van der Waals surface area contributed by atoms with Crippen molar-refractivity contribution in [2.75, 3.05) is 11.1 Å². The van der Waals surface area contributed by atoms with Crippen molar-refractivity contribution in [3.05, 3.63) is 48.5 Å². The summed E-state index contributed by atoms with van der Waals surface area (Å²) >= 11 is 0. The molecule has 2 aromatic rings. The van der Waals surface area contributed by atoms with E-state index in [0.29, 0.717) is 6.54 Å². The van der Waals surface area contributed by atoms with Gasteiger partial charge >= 0.3 is 0 Å². The van der Waals surface area contributed by atoms with Crippen molar-refractivity contribution < 1.29 is 0 Å². The van der Waals surface area contributed by atoms with Crippen LogP contribution in [-0.2, 0) is 6.54 Å². The molecular formula is C11H12N4. The van der Waals surface area contributed by atoms with E-state index in [-0.39, 0.29) is 0 Å². The average molecular weight is 200 g/mol. The number of para-hydroxylation sites is 2. The molecular weight excluding hydrogens is 188 g/mol.